The Morgan fingerprint density at radius 3 is 2.88 bits per heavy atom. The van der Waals surface area contributed by atoms with Gasteiger partial charge in [-0.25, -0.2) is 0 Å². The molecule has 92 valence electrons. The Bertz CT molecular complexity index is 504. The summed E-state index contributed by atoms with van der Waals surface area (Å²) in [6.45, 7) is 6.26. The van der Waals surface area contributed by atoms with Gasteiger partial charge in [0.25, 0.3) is 0 Å². The smallest absolute Gasteiger partial charge is 0.0820 e. The number of rotatable bonds is 4. The molecule has 0 aliphatic carbocycles. The molecule has 0 aliphatic heterocycles. The molecular weight excluding hydrogens is 214 g/mol. The standard InChI is InChI=1S/C13H19N3O/c1-9(13(2,3)17-4)15-11-5-6-12-10(7-11)8-14-16-12/h5-9,15H,1-4H3,(H,14,16). The molecule has 4 nitrogen and oxygen atoms in total. The summed E-state index contributed by atoms with van der Waals surface area (Å²) in [6.07, 6.45) is 1.83. The topological polar surface area (TPSA) is 49.9 Å². The van der Waals surface area contributed by atoms with Gasteiger partial charge >= 0.3 is 0 Å². The van der Waals surface area contributed by atoms with Crippen molar-refractivity contribution in [2.24, 2.45) is 0 Å². The van der Waals surface area contributed by atoms with Crippen LogP contribution in [0.5, 0.6) is 0 Å². The summed E-state index contributed by atoms with van der Waals surface area (Å²) in [4.78, 5) is 0. The average Bonchev–Trinajstić information content (AvgIpc) is 2.76. The van der Waals surface area contributed by atoms with Gasteiger partial charge in [-0.05, 0) is 39.0 Å². The number of fused-ring (bicyclic) bond motifs is 1. The molecule has 4 heteroatoms. The number of nitrogens with one attached hydrogen (secondary N) is 2. The number of aromatic amines is 1. The minimum atomic E-state index is -0.203. The summed E-state index contributed by atoms with van der Waals surface area (Å²) in [6, 6.07) is 6.37. The number of benzene rings is 1. The highest BCUT2D eigenvalue weighted by Gasteiger charge is 2.24. The highest BCUT2D eigenvalue weighted by Crippen LogP contribution is 2.21. The molecule has 0 amide bonds. The molecule has 0 bridgehead atoms. The number of anilines is 1. The lowest BCUT2D eigenvalue weighted by molar-refractivity contribution is 0.0107. The van der Waals surface area contributed by atoms with Crippen molar-refractivity contribution < 1.29 is 4.74 Å². The minimum Gasteiger partial charge on any atom is -0.380 e. The predicted octanol–water partition coefficient (Wildman–Crippen LogP) is 2.79. The third-order valence-corrected chi connectivity index (χ3v) is 3.39. The quantitative estimate of drug-likeness (QED) is 0.853. The molecule has 1 unspecified atom stereocenters. The first-order valence-corrected chi connectivity index (χ1v) is 5.78. The van der Waals surface area contributed by atoms with Gasteiger partial charge in [-0.3, -0.25) is 5.10 Å². The van der Waals surface area contributed by atoms with Crippen LogP contribution in [0.25, 0.3) is 10.9 Å². The van der Waals surface area contributed by atoms with Gasteiger partial charge in [0.05, 0.1) is 23.4 Å². The van der Waals surface area contributed by atoms with Crippen LogP contribution in [0.1, 0.15) is 20.8 Å². The molecule has 0 saturated heterocycles. The van der Waals surface area contributed by atoms with Crippen molar-refractivity contribution in [2.75, 3.05) is 12.4 Å². The second kappa shape index (κ2) is 4.37. The van der Waals surface area contributed by atoms with Gasteiger partial charge in [0.15, 0.2) is 0 Å². The number of methoxy groups -OCH3 is 1. The van der Waals surface area contributed by atoms with Gasteiger partial charge < -0.3 is 10.1 Å². The van der Waals surface area contributed by atoms with Crippen molar-refractivity contribution in [3.05, 3.63) is 24.4 Å². The zero-order valence-corrected chi connectivity index (χ0v) is 10.7. The van der Waals surface area contributed by atoms with E-state index in [9.17, 15) is 0 Å². The van der Waals surface area contributed by atoms with Crippen LogP contribution in [0.3, 0.4) is 0 Å². The van der Waals surface area contributed by atoms with Crippen molar-refractivity contribution in [3.8, 4) is 0 Å². The summed E-state index contributed by atoms with van der Waals surface area (Å²) in [5, 5.41) is 11.5. The van der Waals surface area contributed by atoms with Gasteiger partial charge in [0.2, 0.25) is 0 Å². The maximum absolute atomic E-state index is 5.46. The SMILES string of the molecule is COC(C)(C)C(C)Nc1ccc2[nH]ncc2c1. The highest BCUT2D eigenvalue weighted by molar-refractivity contribution is 5.81. The zero-order chi connectivity index (χ0) is 12.5. The van der Waals surface area contributed by atoms with Crippen LogP contribution in [0.15, 0.2) is 24.4 Å². The largest absolute Gasteiger partial charge is 0.380 e. The van der Waals surface area contributed by atoms with Crippen molar-refractivity contribution in [2.45, 2.75) is 32.4 Å². The Morgan fingerprint density at radius 2 is 2.18 bits per heavy atom. The van der Waals surface area contributed by atoms with Gasteiger partial charge in [0, 0.05) is 18.2 Å². The molecule has 17 heavy (non-hydrogen) atoms. The number of aromatic nitrogens is 2. The first-order chi connectivity index (χ1) is 8.03. The van der Waals surface area contributed by atoms with Gasteiger partial charge in [0.1, 0.15) is 0 Å². The van der Waals surface area contributed by atoms with E-state index in [4.69, 9.17) is 4.74 Å². The van der Waals surface area contributed by atoms with E-state index < -0.39 is 0 Å². The highest BCUT2D eigenvalue weighted by atomic mass is 16.5. The number of hydrogen-bond donors (Lipinski definition) is 2. The van der Waals surface area contributed by atoms with E-state index in [-0.39, 0.29) is 11.6 Å². The Hall–Kier alpha value is -1.55. The van der Waals surface area contributed by atoms with Crippen molar-refractivity contribution in [3.63, 3.8) is 0 Å². The molecule has 1 heterocycles. The molecule has 2 N–H and O–H groups in total. The number of H-pyrrole nitrogens is 1. The summed E-state index contributed by atoms with van der Waals surface area (Å²) in [5.41, 5.74) is 1.93. The van der Waals surface area contributed by atoms with Crippen LogP contribution >= 0.6 is 0 Å². The molecule has 0 spiro atoms. The third-order valence-electron chi connectivity index (χ3n) is 3.39. The lowest BCUT2D eigenvalue weighted by Crippen LogP contribution is -2.41. The Morgan fingerprint density at radius 1 is 1.41 bits per heavy atom. The van der Waals surface area contributed by atoms with E-state index in [2.05, 4.69) is 42.4 Å². The van der Waals surface area contributed by atoms with Crippen LogP contribution in [0, 0.1) is 0 Å². The number of nitrogens with zero attached hydrogens (tertiary/aromatic N) is 1. The van der Waals surface area contributed by atoms with Crippen LogP contribution < -0.4 is 5.32 Å². The monoisotopic (exact) mass is 233 g/mol. The fourth-order valence-corrected chi connectivity index (χ4v) is 1.63. The summed E-state index contributed by atoms with van der Waals surface area (Å²) >= 11 is 0. The molecule has 2 aromatic rings. The van der Waals surface area contributed by atoms with E-state index in [1.54, 1.807) is 7.11 Å². The maximum Gasteiger partial charge on any atom is 0.0820 e. The van der Waals surface area contributed by atoms with E-state index in [1.165, 1.54) is 0 Å². The lowest BCUT2D eigenvalue weighted by Gasteiger charge is -2.31. The van der Waals surface area contributed by atoms with Crippen LogP contribution in [-0.2, 0) is 4.74 Å². The average molecular weight is 233 g/mol. The first-order valence-electron chi connectivity index (χ1n) is 5.78. The molecular formula is C13H19N3O. The molecule has 0 aliphatic rings. The van der Waals surface area contributed by atoms with Gasteiger partial charge in [-0.2, -0.15) is 5.10 Å². The number of hydrogen-bond acceptors (Lipinski definition) is 3. The minimum absolute atomic E-state index is 0.203. The van der Waals surface area contributed by atoms with Crippen molar-refractivity contribution >= 4 is 16.6 Å². The van der Waals surface area contributed by atoms with E-state index in [0.717, 1.165) is 16.6 Å². The van der Waals surface area contributed by atoms with Crippen LogP contribution in [0.2, 0.25) is 0 Å². The fraction of sp³-hybridized carbons (Fsp3) is 0.462. The Labute approximate surface area is 101 Å². The Balaban J connectivity index is 2.18. The third kappa shape index (κ3) is 2.42. The second-order valence-electron chi connectivity index (χ2n) is 4.85. The first kappa shape index (κ1) is 11.9. The maximum atomic E-state index is 5.46. The van der Waals surface area contributed by atoms with Crippen molar-refractivity contribution in [1.82, 2.24) is 10.2 Å². The molecule has 0 fully saturated rings. The van der Waals surface area contributed by atoms with E-state index >= 15 is 0 Å². The zero-order valence-electron chi connectivity index (χ0n) is 10.7. The molecule has 0 saturated carbocycles. The molecule has 1 atom stereocenters. The second-order valence-corrected chi connectivity index (χ2v) is 4.85. The van der Waals surface area contributed by atoms with Gasteiger partial charge in [-0.1, -0.05) is 0 Å². The molecule has 1 aromatic carbocycles. The normalized spacial score (nSPS) is 13.9. The fourth-order valence-electron chi connectivity index (χ4n) is 1.63. The molecule has 0 radical (unpaired) electrons. The van der Waals surface area contributed by atoms with E-state index in [1.807, 2.05) is 18.3 Å². The Kier molecular flexibility index (Phi) is 3.07. The number of ether oxygens (including phenoxy) is 1. The van der Waals surface area contributed by atoms with Crippen LogP contribution in [-0.4, -0.2) is 29.0 Å². The van der Waals surface area contributed by atoms with Crippen LogP contribution in [0.4, 0.5) is 5.69 Å². The summed E-state index contributed by atoms with van der Waals surface area (Å²) in [5.74, 6) is 0. The van der Waals surface area contributed by atoms with Gasteiger partial charge in [-0.15, -0.1) is 0 Å². The lowest BCUT2D eigenvalue weighted by atomic mass is 10.00. The van der Waals surface area contributed by atoms with Crippen molar-refractivity contribution in [1.29, 1.82) is 0 Å². The summed E-state index contributed by atoms with van der Waals surface area (Å²) in [7, 11) is 1.73. The summed E-state index contributed by atoms with van der Waals surface area (Å²) < 4.78 is 5.46. The molecule has 2 rings (SSSR count). The molecule has 1 aromatic heterocycles. The predicted molar refractivity (Wildman–Crippen MR) is 70.3 cm³/mol. The van der Waals surface area contributed by atoms with E-state index in [0.29, 0.717) is 0 Å².